The van der Waals surface area contributed by atoms with Gasteiger partial charge in [-0.25, -0.2) is 13.1 Å². The van der Waals surface area contributed by atoms with Crippen molar-refractivity contribution in [3.8, 4) is 0 Å². The van der Waals surface area contributed by atoms with Crippen molar-refractivity contribution in [2.75, 3.05) is 7.05 Å². The van der Waals surface area contributed by atoms with Crippen molar-refractivity contribution in [1.29, 1.82) is 0 Å². The van der Waals surface area contributed by atoms with E-state index in [1.165, 1.54) is 19.2 Å². The number of benzene rings is 1. The molecule has 0 saturated heterocycles. The van der Waals surface area contributed by atoms with Crippen LogP contribution in [0.25, 0.3) is 0 Å². The van der Waals surface area contributed by atoms with Gasteiger partial charge in [0.1, 0.15) is 0 Å². The monoisotopic (exact) mass is 504 g/mol. The fourth-order valence-electron chi connectivity index (χ4n) is 1.47. The van der Waals surface area contributed by atoms with Crippen LogP contribution in [0.5, 0.6) is 0 Å². The van der Waals surface area contributed by atoms with Gasteiger partial charge in [0, 0.05) is 44.1 Å². The number of aryl methyl sites for hydroxylation is 1. The first-order chi connectivity index (χ1) is 7.79. The molecule has 0 bridgehead atoms. The first-order valence-electron chi connectivity index (χ1n) is 5.16. The average molecular weight is 505 g/mol. The zero-order chi connectivity index (χ0) is 13.2. The average Bonchev–Trinajstić information content (AvgIpc) is 2.28. The number of sulfonamides is 1. The smallest absolute Gasteiger partial charge is 0.240 e. The fraction of sp³-hybridized carbons (Fsp3) is 0.455. The summed E-state index contributed by atoms with van der Waals surface area (Å²) >= 11 is 5.82. The van der Waals surface area contributed by atoms with Crippen molar-refractivity contribution < 1.29 is 57.6 Å². The first kappa shape index (κ1) is 18.8. The number of alkyl halides is 1. The number of hydrogen-bond donors (Lipinski definition) is 2. The molecule has 99 valence electrons. The van der Waals surface area contributed by atoms with Gasteiger partial charge in [0.2, 0.25) is 10.0 Å². The van der Waals surface area contributed by atoms with Crippen LogP contribution in [0.15, 0.2) is 23.1 Å². The number of halogens is 1. The Morgan fingerprint density at radius 2 is 1.94 bits per heavy atom. The molecule has 1 radical (unpaired) electrons. The Hall–Kier alpha value is 0.822. The molecule has 0 spiro atoms. The summed E-state index contributed by atoms with van der Waals surface area (Å²) in [6, 6.07) is 4.60. The largest absolute Gasteiger partial charge is 0.387 e. The van der Waals surface area contributed by atoms with E-state index in [1.807, 2.05) is 0 Å². The minimum Gasteiger partial charge on any atom is -0.387 e. The van der Waals surface area contributed by atoms with Crippen LogP contribution in [-0.2, 0) is 10.0 Å². The summed E-state index contributed by atoms with van der Waals surface area (Å²) in [4.78, 5) is 0.122. The Kier molecular flexibility index (Phi) is 7.91. The maximum atomic E-state index is 11.6. The quantitative estimate of drug-likeness (QED) is 0.612. The minimum absolute atomic E-state index is 0. The molecule has 0 saturated carbocycles. The minimum atomic E-state index is -3.50. The van der Waals surface area contributed by atoms with Gasteiger partial charge in [-0.05, 0) is 44.2 Å². The van der Waals surface area contributed by atoms with Gasteiger partial charge in [0.15, 0.2) is 0 Å². The topological polar surface area (TPSA) is 66.4 Å². The van der Waals surface area contributed by atoms with Gasteiger partial charge in [0.25, 0.3) is 0 Å². The van der Waals surface area contributed by atoms with E-state index >= 15 is 0 Å². The van der Waals surface area contributed by atoms with Gasteiger partial charge < -0.3 is 5.11 Å². The van der Waals surface area contributed by atoms with E-state index in [2.05, 4.69) is 4.72 Å². The van der Waals surface area contributed by atoms with Crippen LogP contribution in [-0.4, -0.2) is 25.9 Å². The Balaban J connectivity index is 0.00000289. The maximum absolute atomic E-state index is 11.6. The summed E-state index contributed by atoms with van der Waals surface area (Å²) in [5, 5.41) is 9.41. The third kappa shape index (κ3) is 4.43. The normalized spacial score (nSPS) is 14.7. The van der Waals surface area contributed by atoms with Crippen molar-refractivity contribution >= 4 is 21.6 Å². The van der Waals surface area contributed by atoms with E-state index in [4.69, 9.17) is 11.6 Å². The Labute approximate surface area is 149 Å². The van der Waals surface area contributed by atoms with Crippen molar-refractivity contribution in [1.82, 2.24) is 4.72 Å². The summed E-state index contributed by atoms with van der Waals surface area (Å²) in [5.41, 5.74) is 1.34. The van der Waals surface area contributed by atoms with Crippen molar-refractivity contribution in [3.63, 3.8) is 0 Å². The van der Waals surface area contributed by atoms with Gasteiger partial charge in [-0.3, -0.25) is 0 Å². The van der Waals surface area contributed by atoms with E-state index < -0.39 is 21.5 Å². The number of aliphatic hydroxyl groups excluding tert-OH is 1. The molecule has 2 atom stereocenters. The second-order valence-corrected chi connectivity index (χ2v) is 6.42. The van der Waals surface area contributed by atoms with Crippen LogP contribution in [0.3, 0.4) is 0 Å². The third-order valence-corrected chi connectivity index (χ3v) is 4.23. The predicted molar refractivity (Wildman–Crippen MR) is 67.7 cm³/mol. The van der Waals surface area contributed by atoms with Crippen LogP contribution in [0.1, 0.15) is 24.2 Å². The molecule has 0 heterocycles. The van der Waals surface area contributed by atoms with Crippen molar-refractivity contribution in [2.24, 2.45) is 0 Å². The van der Waals surface area contributed by atoms with E-state index in [-0.39, 0.29) is 49.0 Å². The molecule has 0 aliphatic heterocycles. The van der Waals surface area contributed by atoms with Crippen LogP contribution >= 0.6 is 11.6 Å². The third-order valence-electron chi connectivity index (χ3n) is 2.58. The molecule has 0 fully saturated rings. The second kappa shape index (κ2) is 7.56. The SMILES string of the molecule is CNS(=O)(=O)c1ccc(C)c(C(O)C(C)Cl)c1.[Ac]. The van der Waals surface area contributed by atoms with Crippen LogP contribution in [0.4, 0.5) is 0 Å². The Morgan fingerprint density at radius 1 is 1.39 bits per heavy atom. The van der Waals surface area contributed by atoms with Gasteiger partial charge >= 0.3 is 0 Å². The molecular weight excluding hydrogens is 489 g/mol. The maximum Gasteiger partial charge on any atom is 0.240 e. The fourth-order valence-corrected chi connectivity index (χ4v) is 2.37. The molecular formula is C11H16AcClNO3S. The molecule has 0 aliphatic carbocycles. The zero-order valence-corrected chi connectivity index (χ0v) is 16.8. The number of rotatable bonds is 4. The summed E-state index contributed by atoms with van der Waals surface area (Å²) in [7, 11) is -2.16. The predicted octanol–water partition coefficient (Wildman–Crippen LogP) is 1.56. The molecule has 0 amide bonds. The standard InChI is InChI=1S/C11H16ClNO3S.Ac/c1-7-4-5-9(17(15,16)13-3)6-10(7)11(14)8(2)12;/h4-6,8,11,13-14H,1-3H3;. The molecule has 7 heteroatoms. The molecule has 1 rings (SSSR count). The molecule has 4 nitrogen and oxygen atoms in total. The van der Waals surface area contributed by atoms with E-state index in [9.17, 15) is 13.5 Å². The van der Waals surface area contributed by atoms with E-state index in [1.54, 1.807) is 19.9 Å². The molecule has 1 aromatic carbocycles. The number of aliphatic hydroxyl groups is 1. The summed E-state index contributed by atoms with van der Waals surface area (Å²) < 4.78 is 25.5. The van der Waals surface area contributed by atoms with Gasteiger partial charge in [-0.2, -0.15) is 0 Å². The van der Waals surface area contributed by atoms with Gasteiger partial charge in [-0.1, -0.05) is 6.07 Å². The van der Waals surface area contributed by atoms with Crippen molar-refractivity contribution in [2.45, 2.75) is 30.2 Å². The van der Waals surface area contributed by atoms with E-state index in [0.717, 1.165) is 5.56 Å². The second-order valence-electron chi connectivity index (χ2n) is 3.85. The first-order valence-corrected chi connectivity index (χ1v) is 7.07. The van der Waals surface area contributed by atoms with Crippen LogP contribution in [0.2, 0.25) is 0 Å². The molecule has 2 unspecified atom stereocenters. The molecule has 1 aromatic rings. The van der Waals surface area contributed by atoms with Crippen molar-refractivity contribution in [3.05, 3.63) is 29.3 Å². The van der Waals surface area contributed by atoms with Crippen LogP contribution < -0.4 is 4.72 Å². The zero-order valence-electron chi connectivity index (χ0n) is 10.5. The number of hydrogen-bond acceptors (Lipinski definition) is 3. The van der Waals surface area contributed by atoms with E-state index in [0.29, 0.717) is 5.56 Å². The van der Waals surface area contributed by atoms with Gasteiger partial charge in [0.05, 0.1) is 16.4 Å². The van der Waals surface area contributed by atoms with Crippen LogP contribution in [0, 0.1) is 51.0 Å². The molecule has 0 aromatic heterocycles. The number of nitrogens with one attached hydrogen (secondary N) is 1. The summed E-state index contributed by atoms with van der Waals surface area (Å²) in [5.74, 6) is 0. The summed E-state index contributed by atoms with van der Waals surface area (Å²) in [6.07, 6.45) is -0.885. The van der Waals surface area contributed by atoms with Gasteiger partial charge in [-0.15, -0.1) is 11.6 Å². The molecule has 18 heavy (non-hydrogen) atoms. The molecule has 2 N–H and O–H groups in total. The Morgan fingerprint density at radius 3 is 2.39 bits per heavy atom. The Bertz CT molecular complexity index is 505. The molecule has 0 aliphatic rings. The summed E-state index contributed by atoms with van der Waals surface area (Å²) in [6.45, 7) is 3.46.